The fourth-order valence-electron chi connectivity index (χ4n) is 3.44. The van der Waals surface area contributed by atoms with E-state index >= 15 is 8.78 Å². The Kier molecular flexibility index (Phi) is 8.25. The first-order valence-corrected chi connectivity index (χ1v) is 11.1. The van der Waals surface area contributed by atoms with Crippen molar-refractivity contribution >= 4 is 11.7 Å². The lowest BCUT2D eigenvalue weighted by atomic mass is 9.98. The normalized spacial score (nSPS) is 13.6. The molecule has 1 aliphatic heterocycles. The van der Waals surface area contributed by atoms with E-state index in [4.69, 9.17) is 14.2 Å². The van der Waals surface area contributed by atoms with E-state index in [1.807, 2.05) is 6.92 Å². The Morgan fingerprint density at radius 2 is 1.69 bits per heavy atom. The number of hydrogen-bond acceptors (Lipinski definition) is 6. The van der Waals surface area contributed by atoms with Crippen LogP contribution in [0, 0.1) is 17.6 Å². The molecule has 174 valence electrons. The van der Waals surface area contributed by atoms with Crippen LogP contribution in [0.3, 0.4) is 0 Å². The Balaban J connectivity index is 1.86. The SMILES string of the molecule is CCCCOc1ccc(-c2c(F)cc(N3CC(C(=O)OC)C3)cc2F)c(OCCCC)n1. The fourth-order valence-corrected chi connectivity index (χ4v) is 3.44. The average Bonchev–Trinajstić information content (AvgIpc) is 2.73. The van der Waals surface area contributed by atoms with Crippen LogP contribution in [-0.2, 0) is 9.53 Å². The minimum Gasteiger partial charge on any atom is -0.478 e. The van der Waals surface area contributed by atoms with Crippen LogP contribution in [0.5, 0.6) is 11.8 Å². The third-order valence-electron chi connectivity index (χ3n) is 5.40. The number of esters is 1. The number of hydrogen-bond donors (Lipinski definition) is 0. The van der Waals surface area contributed by atoms with Crippen molar-refractivity contribution in [3.63, 3.8) is 0 Å². The van der Waals surface area contributed by atoms with Gasteiger partial charge in [-0.1, -0.05) is 26.7 Å². The maximum Gasteiger partial charge on any atom is 0.312 e. The summed E-state index contributed by atoms with van der Waals surface area (Å²) in [5.74, 6) is -1.53. The molecule has 0 N–H and O–H groups in total. The first kappa shape index (κ1) is 23.8. The molecule has 2 aromatic rings. The molecule has 3 rings (SSSR count). The maximum atomic E-state index is 15.1. The van der Waals surface area contributed by atoms with E-state index in [1.54, 1.807) is 17.0 Å². The molecule has 0 radical (unpaired) electrons. The van der Waals surface area contributed by atoms with E-state index in [1.165, 1.54) is 19.2 Å². The summed E-state index contributed by atoms with van der Waals surface area (Å²) in [4.78, 5) is 17.7. The number of nitrogens with zero attached hydrogens (tertiary/aromatic N) is 2. The topological polar surface area (TPSA) is 60.9 Å². The molecule has 0 spiro atoms. The van der Waals surface area contributed by atoms with E-state index in [0.29, 0.717) is 37.9 Å². The van der Waals surface area contributed by atoms with Crippen LogP contribution < -0.4 is 14.4 Å². The standard InChI is InChI=1S/C24H30F2N2O4/c1-4-6-10-31-21-9-8-18(23(27-21)32-11-7-5-2)22-19(25)12-17(13-20(22)26)28-14-16(15-28)24(29)30-3/h8-9,12-13,16H,4-7,10-11,14-15H2,1-3H3. The van der Waals surface area contributed by atoms with Crippen LogP contribution in [0.2, 0.25) is 0 Å². The summed E-state index contributed by atoms with van der Waals surface area (Å²) >= 11 is 0. The summed E-state index contributed by atoms with van der Waals surface area (Å²) in [6, 6.07) is 5.72. The maximum absolute atomic E-state index is 15.1. The largest absolute Gasteiger partial charge is 0.478 e. The van der Waals surface area contributed by atoms with Gasteiger partial charge >= 0.3 is 5.97 Å². The lowest BCUT2D eigenvalue weighted by Gasteiger charge is -2.39. The van der Waals surface area contributed by atoms with Crippen LogP contribution in [-0.4, -0.2) is 44.4 Å². The molecular formula is C24H30F2N2O4. The Hall–Kier alpha value is -2.90. The van der Waals surface area contributed by atoms with Crippen LogP contribution in [0.1, 0.15) is 39.5 Å². The molecule has 0 amide bonds. The molecule has 0 atom stereocenters. The van der Waals surface area contributed by atoms with Gasteiger partial charge in [-0.05, 0) is 31.0 Å². The number of anilines is 1. The minimum absolute atomic E-state index is 0.146. The Bertz CT molecular complexity index is 909. The third kappa shape index (κ3) is 5.47. The predicted molar refractivity (Wildman–Crippen MR) is 118 cm³/mol. The van der Waals surface area contributed by atoms with Gasteiger partial charge in [-0.3, -0.25) is 4.79 Å². The monoisotopic (exact) mass is 448 g/mol. The fraction of sp³-hybridized carbons (Fsp3) is 0.500. The van der Waals surface area contributed by atoms with Crippen molar-refractivity contribution in [2.24, 2.45) is 5.92 Å². The lowest BCUT2D eigenvalue weighted by Crippen LogP contribution is -2.50. The van der Waals surface area contributed by atoms with Gasteiger partial charge in [0.1, 0.15) is 11.6 Å². The minimum atomic E-state index is -0.719. The highest BCUT2D eigenvalue weighted by Gasteiger charge is 2.34. The molecule has 0 bridgehead atoms. The van der Waals surface area contributed by atoms with E-state index in [9.17, 15) is 4.79 Å². The van der Waals surface area contributed by atoms with Crippen LogP contribution in [0.15, 0.2) is 24.3 Å². The smallest absolute Gasteiger partial charge is 0.312 e. The van der Waals surface area contributed by atoms with E-state index < -0.39 is 11.6 Å². The zero-order valence-electron chi connectivity index (χ0n) is 18.8. The number of halogens is 2. The first-order valence-electron chi connectivity index (χ1n) is 11.1. The van der Waals surface area contributed by atoms with Crippen LogP contribution in [0.25, 0.3) is 11.1 Å². The summed E-state index contributed by atoms with van der Waals surface area (Å²) < 4.78 is 46.3. The van der Waals surface area contributed by atoms with E-state index in [0.717, 1.165) is 25.7 Å². The number of benzene rings is 1. The van der Waals surface area contributed by atoms with Gasteiger partial charge in [0.05, 0.1) is 37.4 Å². The number of rotatable bonds is 11. The van der Waals surface area contributed by atoms with Crippen molar-refractivity contribution in [3.8, 4) is 22.9 Å². The second-order valence-corrected chi connectivity index (χ2v) is 7.82. The molecule has 2 heterocycles. The molecule has 32 heavy (non-hydrogen) atoms. The number of carbonyl (C=O) groups excluding carboxylic acids is 1. The number of unbranched alkanes of at least 4 members (excludes halogenated alkanes) is 2. The number of methoxy groups -OCH3 is 1. The first-order chi connectivity index (χ1) is 15.5. The molecule has 0 aliphatic carbocycles. The third-order valence-corrected chi connectivity index (χ3v) is 5.40. The zero-order chi connectivity index (χ0) is 23.1. The highest BCUT2D eigenvalue weighted by Crippen LogP contribution is 2.37. The molecule has 8 heteroatoms. The van der Waals surface area contributed by atoms with Gasteiger partial charge in [0, 0.05) is 24.8 Å². The Morgan fingerprint density at radius 1 is 1.06 bits per heavy atom. The highest BCUT2D eigenvalue weighted by atomic mass is 19.1. The second kappa shape index (κ2) is 11.1. The Morgan fingerprint density at radius 3 is 2.28 bits per heavy atom. The molecule has 6 nitrogen and oxygen atoms in total. The predicted octanol–water partition coefficient (Wildman–Crippen LogP) is 4.99. The summed E-state index contributed by atoms with van der Waals surface area (Å²) in [5.41, 5.74) is 0.421. The van der Waals surface area contributed by atoms with Crippen molar-refractivity contribution in [1.82, 2.24) is 4.98 Å². The van der Waals surface area contributed by atoms with Crippen LogP contribution in [0.4, 0.5) is 14.5 Å². The highest BCUT2D eigenvalue weighted by molar-refractivity contribution is 5.77. The van der Waals surface area contributed by atoms with Gasteiger partial charge < -0.3 is 19.1 Å². The molecule has 1 saturated heterocycles. The molecular weight excluding hydrogens is 418 g/mol. The van der Waals surface area contributed by atoms with Gasteiger partial charge in [0.15, 0.2) is 0 Å². The number of ether oxygens (including phenoxy) is 3. The quantitative estimate of drug-likeness (QED) is 0.356. The molecule has 1 aliphatic rings. The van der Waals surface area contributed by atoms with Crippen molar-refractivity contribution in [1.29, 1.82) is 0 Å². The van der Waals surface area contributed by atoms with Gasteiger partial charge in [0.2, 0.25) is 11.8 Å². The number of carbonyl (C=O) groups is 1. The Labute approximate surface area is 187 Å². The van der Waals surface area contributed by atoms with Crippen LogP contribution >= 0.6 is 0 Å². The molecule has 0 unspecified atom stereocenters. The van der Waals surface area contributed by atoms with Gasteiger partial charge in [0.25, 0.3) is 0 Å². The molecule has 1 aromatic carbocycles. The zero-order valence-corrected chi connectivity index (χ0v) is 18.8. The lowest BCUT2D eigenvalue weighted by molar-refractivity contribution is -0.146. The molecule has 1 fully saturated rings. The second-order valence-electron chi connectivity index (χ2n) is 7.82. The average molecular weight is 449 g/mol. The van der Waals surface area contributed by atoms with Crippen molar-refractivity contribution in [2.45, 2.75) is 39.5 Å². The number of pyridine rings is 1. The van der Waals surface area contributed by atoms with E-state index in [2.05, 4.69) is 11.9 Å². The van der Waals surface area contributed by atoms with Gasteiger partial charge in [-0.2, -0.15) is 4.98 Å². The summed E-state index contributed by atoms with van der Waals surface area (Å²) in [6.07, 6.45) is 3.58. The summed E-state index contributed by atoms with van der Waals surface area (Å²) in [5, 5.41) is 0. The molecule has 0 saturated carbocycles. The summed E-state index contributed by atoms with van der Waals surface area (Å²) in [7, 11) is 1.33. The molecule has 1 aromatic heterocycles. The van der Waals surface area contributed by atoms with Gasteiger partial charge in [-0.15, -0.1) is 0 Å². The summed E-state index contributed by atoms with van der Waals surface area (Å²) in [6.45, 7) is 5.71. The van der Waals surface area contributed by atoms with Crippen molar-refractivity contribution < 1.29 is 27.8 Å². The van der Waals surface area contributed by atoms with E-state index in [-0.39, 0.29) is 28.9 Å². The van der Waals surface area contributed by atoms with Gasteiger partial charge in [-0.25, -0.2) is 8.78 Å². The van der Waals surface area contributed by atoms with Crippen molar-refractivity contribution in [3.05, 3.63) is 35.9 Å². The number of aromatic nitrogens is 1. The van der Waals surface area contributed by atoms with Crippen molar-refractivity contribution in [2.75, 3.05) is 38.3 Å².